The molecule has 0 aromatic heterocycles. The molecule has 0 radical (unpaired) electrons. The Labute approximate surface area is 214 Å². The molecule has 0 aromatic carbocycles. The molecule has 3 fully saturated rings. The van der Waals surface area contributed by atoms with E-state index in [1.807, 2.05) is 26.8 Å². The number of carbonyl (C=O) groups is 3. The molecule has 3 heterocycles. The van der Waals surface area contributed by atoms with Gasteiger partial charge >= 0.3 is 5.97 Å². The molecule has 3 saturated heterocycles. The number of aliphatic hydroxyl groups excluding tert-OH is 1. The Kier molecular flexibility index (Phi) is 9.13. The van der Waals surface area contributed by atoms with E-state index in [-0.39, 0.29) is 29.6 Å². The van der Waals surface area contributed by atoms with Gasteiger partial charge in [-0.25, -0.2) is 0 Å². The first kappa shape index (κ1) is 27.8. The van der Waals surface area contributed by atoms with Gasteiger partial charge in [0.2, 0.25) is 11.8 Å². The van der Waals surface area contributed by atoms with Crippen LogP contribution in [0.25, 0.3) is 0 Å². The van der Waals surface area contributed by atoms with E-state index in [1.165, 1.54) is 0 Å². The minimum atomic E-state index is -0.627. The molecule has 0 saturated carbocycles. The second-order valence-corrected chi connectivity index (χ2v) is 12.5. The molecule has 1 spiro atoms. The zero-order valence-corrected chi connectivity index (χ0v) is 22.4. The molecule has 2 bridgehead atoms. The highest BCUT2D eigenvalue weighted by atomic mass is 32.2. The Hall–Kier alpha value is -1.80. The lowest BCUT2D eigenvalue weighted by atomic mass is 9.71. The number of hydrogen-bond acceptors (Lipinski definition) is 6. The van der Waals surface area contributed by atoms with Crippen LogP contribution in [0.5, 0.6) is 0 Å². The zero-order valence-electron chi connectivity index (χ0n) is 21.5. The van der Waals surface area contributed by atoms with Gasteiger partial charge in [0.15, 0.2) is 0 Å². The van der Waals surface area contributed by atoms with Crippen molar-refractivity contribution in [1.82, 2.24) is 9.80 Å². The molecule has 8 heteroatoms. The SMILES string of the molecule is C=CCCCCOC(=O)[C@@H]1[C@H]2C(=O)N(CCCCO)C(C(=O)N(CC=C)C(C)(C)C)C23CC[C@H]1S3. The lowest BCUT2D eigenvalue weighted by Gasteiger charge is -2.42. The van der Waals surface area contributed by atoms with Crippen LogP contribution in [0.15, 0.2) is 25.3 Å². The molecule has 196 valence electrons. The second kappa shape index (κ2) is 11.5. The minimum Gasteiger partial charge on any atom is -0.465 e. The van der Waals surface area contributed by atoms with Crippen molar-refractivity contribution in [1.29, 1.82) is 0 Å². The predicted octanol–water partition coefficient (Wildman–Crippen LogP) is 3.56. The number of thioether (sulfide) groups is 1. The van der Waals surface area contributed by atoms with Crippen LogP contribution >= 0.6 is 11.8 Å². The first-order chi connectivity index (χ1) is 16.6. The van der Waals surface area contributed by atoms with Gasteiger partial charge in [-0.05, 0) is 65.7 Å². The molecule has 3 aliphatic heterocycles. The van der Waals surface area contributed by atoms with Crippen LogP contribution in [0.3, 0.4) is 0 Å². The normalized spacial score (nSPS) is 29.3. The van der Waals surface area contributed by atoms with Gasteiger partial charge in [-0.2, -0.15) is 0 Å². The third kappa shape index (κ3) is 5.33. The van der Waals surface area contributed by atoms with Crippen LogP contribution in [0.2, 0.25) is 0 Å². The number of rotatable bonds is 13. The van der Waals surface area contributed by atoms with Crippen molar-refractivity contribution in [3.63, 3.8) is 0 Å². The van der Waals surface area contributed by atoms with Crippen molar-refractivity contribution in [3.8, 4) is 0 Å². The molecule has 3 rings (SSSR count). The van der Waals surface area contributed by atoms with Crippen LogP contribution in [-0.2, 0) is 19.1 Å². The monoisotopic (exact) mass is 506 g/mol. The number of nitrogens with zero attached hydrogens (tertiary/aromatic N) is 2. The topological polar surface area (TPSA) is 87.1 Å². The fraction of sp³-hybridized carbons (Fsp3) is 0.741. The predicted molar refractivity (Wildman–Crippen MR) is 139 cm³/mol. The van der Waals surface area contributed by atoms with Gasteiger partial charge < -0.3 is 19.6 Å². The number of ether oxygens (including phenoxy) is 1. The van der Waals surface area contributed by atoms with Gasteiger partial charge in [-0.15, -0.1) is 24.9 Å². The zero-order chi connectivity index (χ0) is 25.8. The maximum atomic E-state index is 14.1. The number of likely N-dealkylation sites (tertiary alicyclic amines) is 1. The lowest BCUT2D eigenvalue weighted by Crippen LogP contribution is -2.58. The summed E-state index contributed by atoms with van der Waals surface area (Å²) in [5.41, 5.74) is -0.440. The van der Waals surface area contributed by atoms with E-state index in [0.29, 0.717) is 32.5 Å². The van der Waals surface area contributed by atoms with Crippen molar-refractivity contribution in [3.05, 3.63) is 25.3 Å². The van der Waals surface area contributed by atoms with Crippen LogP contribution < -0.4 is 0 Å². The van der Waals surface area contributed by atoms with Crippen molar-refractivity contribution in [2.45, 2.75) is 87.3 Å². The first-order valence-electron chi connectivity index (χ1n) is 12.9. The summed E-state index contributed by atoms with van der Waals surface area (Å²) in [7, 11) is 0. The van der Waals surface area contributed by atoms with Crippen molar-refractivity contribution < 1.29 is 24.2 Å². The smallest absolute Gasteiger partial charge is 0.310 e. The van der Waals surface area contributed by atoms with Crippen molar-refractivity contribution in [2.24, 2.45) is 11.8 Å². The van der Waals surface area contributed by atoms with Gasteiger partial charge in [0.05, 0.1) is 23.2 Å². The van der Waals surface area contributed by atoms with Crippen molar-refractivity contribution in [2.75, 3.05) is 26.3 Å². The molecule has 0 aliphatic carbocycles. The third-order valence-corrected chi connectivity index (χ3v) is 9.50. The van der Waals surface area contributed by atoms with Gasteiger partial charge in [-0.1, -0.05) is 12.2 Å². The van der Waals surface area contributed by atoms with E-state index < -0.39 is 28.2 Å². The first-order valence-corrected chi connectivity index (χ1v) is 13.8. The lowest BCUT2D eigenvalue weighted by molar-refractivity contribution is -0.154. The standard InChI is InChI=1S/C27H42N2O5S/c1-6-8-9-12-18-34-25(33)20-19-13-14-27(35-19)21(20)23(31)28(16-10-11-17-30)22(27)24(32)29(15-7-2)26(3,4)5/h6-7,19-22,30H,1-2,8-18H2,3-5H3/t19-,20+,21+,22?,27?/m1/s1. The van der Waals surface area contributed by atoms with E-state index in [9.17, 15) is 19.5 Å². The highest BCUT2D eigenvalue weighted by Gasteiger charge is 2.74. The van der Waals surface area contributed by atoms with Gasteiger partial charge in [0.1, 0.15) is 6.04 Å². The van der Waals surface area contributed by atoms with E-state index in [2.05, 4.69) is 13.2 Å². The highest BCUT2D eigenvalue weighted by Crippen LogP contribution is 2.66. The number of aliphatic hydroxyl groups is 1. The van der Waals surface area contributed by atoms with Crippen molar-refractivity contribution >= 4 is 29.5 Å². The molecule has 1 N–H and O–H groups in total. The summed E-state index contributed by atoms with van der Waals surface area (Å²) in [6.07, 6.45) is 8.84. The highest BCUT2D eigenvalue weighted by molar-refractivity contribution is 8.02. The van der Waals surface area contributed by atoms with E-state index in [0.717, 1.165) is 32.1 Å². The molecular formula is C27H42N2O5S. The summed E-state index contributed by atoms with van der Waals surface area (Å²) >= 11 is 1.66. The number of allylic oxidation sites excluding steroid dienone is 1. The molecule has 2 unspecified atom stereocenters. The van der Waals surface area contributed by atoms with Crippen LogP contribution in [-0.4, -0.2) is 80.6 Å². The number of hydrogen-bond donors (Lipinski definition) is 1. The number of carbonyl (C=O) groups excluding carboxylic acids is 3. The summed E-state index contributed by atoms with van der Waals surface area (Å²) in [6, 6.07) is -0.627. The summed E-state index contributed by atoms with van der Waals surface area (Å²) < 4.78 is 5.03. The van der Waals surface area contributed by atoms with Crippen LogP contribution in [0.1, 0.15) is 65.7 Å². The Bertz CT molecular complexity index is 825. The number of esters is 1. The van der Waals surface area contributed by atoms with Crippen LogP contribution in [0.4, 0.5) is 0 Å². The Morgan fingerprint density at radius 3 is 2.60 bits per heavy atom. The van der Waals surface area contributed by atoms with E-state index >= 15 is 0 Å². The average Bonchev–Trinajstić information content (AvgIpc) is 3.44. The van der Waals surface area contributed by atoms with E-state index in [4.69, 9.17) is 4.74 Å². The molecule has 5 atom stereocenters. The number of amides is 2. The van der Waals surface area contributed by atoms with Gasteiger partial charge in [-0.3, -0.25) is 14.4 Å². The largest absolute Gasteiger partial charge is 0.465 e. The molecule has 0 aromatic rings. The Morgan fingerprint density at radius 1 is 1.23 bits per heavy atom. The summed E-state index contributed by atoms with van der Waals surface area (Å²) in [5.74, 6) is -1.55. The second-order valence-electron chi connectivity index (χ2n) is 10.9. The fourth-order valence-electron chi connectivity index (χ4n) is 5.97. The molecular weight excluding hydrogens is 464 g/mol. The molecule has 2 amide bonds. The molecule has 7 nitrogen and oxygen atoms in total. The van der Waals surface area contributed by atoms with Gasteiger partial charge in [0, 0.05) is 30.5 Å². The fourth-order valence-corrected chi connectivity index (χ4v) is 8.17. The third-order valence-electron chi connectivity index (χ3n) is 7.55. The van der Waals surface area contributed by atoms with E-state index in [1.54, 1.807) is 27.6 Å². The minimum absolute atomic E-state index is 0.00186. The molecule has 35 heavy (non-hydrogen) atoms. The van der Waals surface area contributed by atoms with Crippen LogP contribution in [0, 0.1) is 11.8 Å². The average molecular weight is 507 g/mol. The number of fused-ring (bicyclic) bond motifs is 1. The maximum Gasteiger partial charge on any atom is 0.310 e. The summed E-state index contributed by atoms with van der Waals surface area (Å²) in [5, 5.41) is 9.30. The van der Waals surface area contributed by atoms with Gasteiger partial charge in [0.25, 0.3) is 0 Å². The maximum absolute atomic E-state index is 14.1. The number of unbranched alkanes of at least 4 members (excludes halogenated alkanes) is 3. The Balaban J connectivity index is 1.90. The molecule has 3 aliphatic rings. The quantitative estimate of drug-likeness (QED) is 0.234. The summed E-state index contributed by atoms with van der Waals surface area (Å²) in [6.45, 7) is 14.7. The Morgan fingerprint density at radius 2 is 1.97 bits per heavy atom. The summed E-state index contributed by atoms with van der Waals surface area (Å²) in [4.78, 5) is 44.8.